The van der Waals surface area contributed by atoms with E-state index in [9.17, 15) is 0 Å². The van der Waals surface area contributed by atoms with Crippen LogP contribution in [0.3, 0.4) is 0 Å². The van der Waals surface area contributed by atoms with Crippen LogP contribution in [0, 0.1) is 20.1 Å². The molecule has 2 aliphatic rings. The maximum atomic E-state index is 5.91. The molecular weight excluding hydrogens is 446 g/mol. The van der Waals surface area contributed by atoms with Crippen LogP contribution < -0.4 is 0 Å². The largest absolute Gasteiger partial charge is 0.500 e. The molecular formula is C20H14N2Y2-2. The topological polar surface area (TPSA) is 6.02 Å². The molecule has 0 aromatic heterocycles. The first kappa shape index (κ1) is 19.8. The molecule has 0 saturated heterocycles. The van der Waals surface area contributed by atoms with Crippen LogP contribution in [-0.4, -0.2) is 21.6 Å². The van der Waals surface area contributed by atoms with Gasteiger partial charge in [0.25, 0.3) is 0 Å². The first-order valence-corrected chi connectivity index (χ1v) is 7.14. The van der Waals surface area contributed by atoms with Crippen LogP contribution in [0.5, 0.6) is 0 Å². The van der Waals surface area contributed by atoms with Gasteiger partial charge in [-0.1, -0.05) is 53.4 Å². The van der Waals surface area contributed by atoms with Crippen molar-refractivity contribution in [2.75, 3.05) is 0 Å². The molecule has 0 fully saturated rings. The fraction of sp³-hybridized carbons (Fsp3) is 0.100. The van der Waals surface area contributed by atoms with Gasteiger partial charge in [0.05, 0.1) is 0 Å². The molecule has 24 heavy (non-hydrogen) atoms. The quantitative estimate of drug-likeness (QED) is 0.481. The third-order valence-corrected chi connectivity index (χ3v) is 4.33. The molecule has 112 valence electrons. The molecule has 0 saturated carbocycles. The molecule has 2 aliphatic heterocycles. The molecule has 1 unspecified atom stereocenters. The van der Waals surface area contributed by atoms with Crippen LogP contribution in [0.2, 0.25) is 0 Å². The van der Waals surface area contributed by atoms with Gasteiger partial charge in [-0.2, -0.15) is 0 Å². The summed E-state index contributed by atoms with van der Waals surface area (Å²) in [7, 11) is 0. The van der Waals surface area contributed by atoms with Crippen LogP contribution in [0.4, 0.5) is 0 Å². The summed E-state index contributed by atoms with van der Waals surface area (Å²) in [5.41, 5.74) is 4.76. The average molecular weight is 460 g/mol. The zero-order chi connectivity index (χ0) is 15.3. The van der Waals surface area contributed by atoms with E-state index in [0.29, 0.717) is 0 Å². The van der Waals surface area contributed by atoms with Gasteiger partial charge in [-0.25, -0.2) is 0 Å². The molecule has 0 N–H and O–H groups in total. The third kappa shape index (κ3) is 2.54. The number of benzene rings is 2. The van der Waals surface area contributed by atoms with E-state index >= 15 is 0 Å². The van der Waals surface area contributed by atoms with Crippen molar-refractivity contribution in [1.29, 1.82) is 0 Å². The molecule has 4 heteroatoms. The number of hydrogen-bond acceptors (Lipinski definition) is 0. The molecule has 0 bridgehead atoms. The van der Waals surface area contributed by atoms with Crippen LogP contribution in [-0.2, 0) is 71.1 Å². The minimum absolute atomic E-state index is 0. The van der Waals surface area contributed by atoms with E-state index in [1.165, 1.54) is 18.0 Å². The second-order valence-electron chi connectivity index (χ2n) is 5.53. The number of nitrogens with zero attached hydrogens (tertiary/aromatic N) is 2. The third-order valence-electron chi connectivity index (χ3n) is 4.33. The first-order chi connectivity index (χ1) is 10.7. The number of hydrogen-bond donors (Lipinski definition) is 0. The van der Waals surface area contributed by atoms with Crippen molar-refractivity contribution < 1.29 is 74.6 Å². The standard InChI is InChI=1S/C20H14N2.2Y/c1-4-21-13-16-8-6-7-9-18(16)20(21)19-11-10-15(3)12-17(19)14-22(20)5-2;;/h1-2,4-12H,3H3;;/q-2;;. The van der Waals surface area contributed by atoms with Crippen molar-refractivity contribution in [3.63, 3.8) is 0 Å². The van der Waals surface area contributed by atoms with Crippen LogP contribution in [0.25, 0.3) is 0 Å². The molecule has 2 radical (unpaired) electrons. The Morgan fingerprint density at radius 1 is 0.875 bits per heavy atom. The van der Waals surface area contributed by atoms with E-state index in [-0.39, 0.29) is 65.4 Å². The van der Waals surface area contributed by atoms with Crippen LogP contribution >= 0.6 is 0 Å². The maximum absolute atomic E-state index is 5.91. The van der Waals surface area contributed by atoms with Crippen molar-refractivity contribution in [3.05, 3.63) is 95.8 Å². The van der Waals surface area contributed by atoms with Crippen LogP contribution in [0.15, 0.2) is 54.9 Å². The van der Waals surface area contributed by atoms with Gasteiger partial charge in [0.15, 0.2) is 12.4 Å². The van der Waals surface area contributed by atoms with E-state index in [1.807, 2.05) is 27.4 Å². The van der Waals surface area contributed by atoms with Gasteiger partial charge < -0.3 is 13.2 Å². The van der Waals surface area contributed by atoms with Gasteiger partial charge in [0.2, 0.25) is 0 Å². The Hall–Kier alpha value is -0.532. The van der Waals surface area contributed by atoms with Crippen molar-refractivity contribution in [1.82, 2.24) is 0 Å². The monoisotopic (exact) mass is 460 g/mol. The summed E-state index contributed by atoms with van der Waals surface area (Å²) in [6, 6.07) is 14.4. The molecule has 4 rings (SSSR count). The second kappa shape index (κ2) is 7.38. The van der Waals surface area contributed by atoms with Gasteiger partial charge in [-0.15, -0.1) is 18.2 Å². The van der Waals surface area contributed by atoms with Crippen molar-refractivity contribution >= 4 is 12.4 Å². The summed E-state index contributed by atoms with van der Waals surface area (Å²) in [6.07, 6.45) is 9.76. The molecule has 2 aromatic rings. The van der Waals surface area contributed by atoms with Gasteiger partial charge in [0.1, 0.15) is 0 Å². The maximum Gasteiger partial charge on any atom is 0.319 e. The molecule has 1 atom stereocenters. The molecule has 2 heterocycles. The first-order valence-electron chi connectivity index (χ1n) is 7.14. The van der Waals surface area contributed by atoms with Crippen molar-refractivity contribution in [2.24, 2.45) is 0 Å². The minimum Gasteiger partial charge on any atom is -0.500 e. The van der Waals surface area contributed by atoms with Crippen molar-refractivity contribution in [2.45, 2.75) is 12.6 Å². The number of rotatable bonds is 2. The zero-order valence-electron chi connectivity index (χ0n) is 13.4. The molecule has 2 nitrogen and oxygen atoms in total. The fourth-order valence-electron chi connectivity index (χ4n) is 3.43. The summed E-state index contributed by atoms with van der Waals surface area (Å²) in [4.78, 5) is 0. The summed E-state index contributed by atoms with van der Waals surface area (Å²) in [6.45, 7) is 13.9. The second-order valence-corrected chi connectivity index (χ2v) is 5.53. The fourth-order valence-corrected chi connectivity index (χ4v) is 3.43. The predicted octanol–water partition coefficient (Wildman–Crippen LogP) is 2.73. The van der Waals surface area contributed by atoms with E-state index < -0.39 is 5.66 Å². The van der Waals surface area contributed by atoms with E-state index in [2.05, 4.69) is 43.6 Å². The predicted molar refractivity (Wildman–Crippen MR) is 84.9 cm³/mol. The smallest absolute Gasteiger partial charge is 0.319 e. The zero-order valence-corrected chi connectivity index (χ0v) is 19.1. The Morgan fingerprint density at radius 2 is 1.46 bits per heavy atom. The van der Waals surface area contributed by atoms with E-state index in [1.54, 1.807) is 0 Å². The van der Waals surface area contributed by atoms with Gasteiger partial charge >= 0.3 is 5.66 Å². The average Bonchev–Trinajstić information content (AvgIpc) is 3.04. The molecule has 1 spiro atoms. The van der Waals surface area contributed by atoms with Gasteiger partial charge in [-0.3, -0.25) is 9.15 Å². The van der Waals surface area contributed by atoms with Gasteiger partial charge in [-0.05, 0) is 6.92 Å². The van der Waals surface area contributed by atoms with Crippen molar-refractivity contribution in [3.8, 4) is 0 Å². The SMILES string of the molecule is [CH-]=C[N+]1=[C-]c2ccccc2C12c1ccc(C)cc1[C-]=[N+]2C=[CH-].[Y].[Y]. The Bertz CT molecular complexity index is 896. The number of fused-ring (bicyclic) bond motifs is 4. The van der Waals surface area contributed by atoms with Crippen LogP contribution in [0.1, 0.15) is 27.8 Å². The molecule has 2 aromatic carbocycles. The Balaban J connectivity index is 0.00000104. The Morgan fingerprint density at radius 3 is 2.12 bits per heavy atom. The van der Waals surface area contributed by atoms with E-state index in [0.717, 1.165) is 22.3 Å². The minimum atomic E-state index is -0.636. The van der Waals surface area contributed by atoms with E-state index in [4.69, 9.17) is 13.2 Å². The molecule has 0 aliphatic carbocycles. The summed E-state index contributed by atoms with van der Waals surface area (Å²) in [5.74, 6) is 0. The molecule has 0 amide bonds. The normalized spacial score (nSPS) is 19.4. The van der Waals surface area contributed by atoms with Gasteiger partial charge in [0, 0.05) is 76.5 Å². The Labute approximate surface area is 193 Å². The summed E-state index contributed by atoms with van der Waals surface area (Å²) in [5, 5.41) is 0. The summed E-state index contributed by atoms with van der Waals surface area (Å²) >= 11 is 0. The number of aryl methyl sites for hydroxylation is 1. The summed E-state index contributed by atoms with van der Waals surface area (Å²) < 4.78 is 3.74. The Kier molecular flexibility index (Phi) is 6.08.